The van der Waals surface area contributed by atoms with Gasteiger partial charge in [0.2, 0.25) is 0 Å². The van der Waals surface area contributed by atoms with Crippen molar-refractivity contribution in [2.45, 2.75) is 12.6 Å². The summed E-state index contributed by atoms with van der Waals surface area (Å²) in [6, 6.07) is 4.79. The molecule has 17 heavy (non-hydrogen) atoms. The molecule has 0 spiro atoms. The van der Waals surface area contributed by atoms with E-state index < -0.39 is 11.9 Å². The van der Waals surface area contributed by atoms with E-state index >= 15 is 0 Å². The SMILES string of the molecule is Cn1nc2c(CCN)cccc2c1C(F)(F)F. The van der Waals surface area contributed by atoms with Crippen LogP contribution in [0, 0.1) is 0 Å². The van der Waals surface area contributed by atoms with Crippen molar-refractivity contribution in [3.05, 3.63) is 29.5 Å². The first kappa shape index (κ1) is 11.9. The van der Waals surface area contributed by atoms with Crippen LogP contribution >= 0.6 is 0 Å². The van der Waals surface area contributed by atoms with E-state index in [9.17, 15) is 13.2 Å². The van der Waals surface area contributed by atoms with Gasteiger partial charge in [-0.2, -0.15) is 18.3 Å². The Morgan fingerprint density at radius 1 is 1.35 bits per heavy atom. The summed E-state index contributed by atoms with van der Waals surface area (Å²) in [5.74, 6) is 0. The first-order chi connectivity index (χ1) is 7.95. The van der Waals surface area contributed by atoms with Gasteiger partial charge in [-0.3, -0.25) is 4.68 Å². The summed E-state index contributed by atoms with van der Waals surface area (Å²) in [6.07, 6.45) is -3.88. The summed E-state index contributed by atoms with van der Waals surface area (Å²) >= 11 is 0. The van der Waals surface area contributed by atoms with Gasteiger partial charge in [-0.15, -0.1) is 0 Å². The van der Waals surface area contributed by atoms with Gasteiger partial charge in [0.05, 0.1) is 5.52 Å². The Morgan fingerprint density at radius 3 is 2.65 bits per heavy atom. The van der Waals surface area contributed by atoms with Gasteiger partial charge < -0.3 is 5.73 Å². The van der Waals surface area contributed by atoms with Crippen LogP contribution in [0.1, 0.15) is 11.3 Å². The van der Waals surface area contributed by atoms with Gasteiger partial charge in [0.25, 0.3) is 0 Å². The summed E-state index contributed by atoms with van der Waals surface area (Å²) in [4.78, 5) is 0. The fourth-order valence-electron chi connectivity index (χ4n) is 1.97. The van der Waals surface area contributed by atoms with Gasteiger partial charge >= 0.3 is 6.18 Å². The van der Waals surface area contributed by atoms with Crippen molar-refractivity contribution in [3.8, 4) is 0 Å². The molecule has 0 aliphatic rings. The number of fused-ring (bicyclic) bond motifs is 1. The van der Waals surface area contributed by atoms with Crippen LogP contribution in [-0.2, 0) is 19.6 Å². The number of halogens is 3. The zero-order valence-corrected chi connectivity index (χ0v) is 9.25. The normalized spacial score (nSPS) is 12.3. The maximum atomic E-state index is 12.8. The minimum atomic E-state index is -4.40. The lowest BCUT2D eigenvalue weighted by Crippen LogP contribution is -2.11. The summed E-state index contributed by atoms with van der Waals surface area (Å²) in [5, 5.41) is 4.07. The number of nitrogens with zero attached hydrogens (tertiary/aromatic N) is 2. The fraction of sp³-hybridized carbons (Fsp3) is 0.364. The summed E-state index contributed by atoms with van der Waals surface area (Å²) in [5.41, 5.74) is 5.84. The van der Waals surface area contributed by atoms with Crippen LogP contribution in [0.25, 0.3) is 10.9 Å². The lowest BCUT2D eigenvalue weighted by Gasteiger charge is -2.06. The maximum Gasteiger partial charge on any atom is 0.433 e. The van der Waals surface area contributed by atoms with Crippen LogP contribution in [0.15, 0.2) is 18.2 Å². The zero-order chi connectivity index (χ0) is 12.6. The highest BCUT2D eigenvalue weighted by Crippen LogP contribution is 2.35. The Morgan fingerprint density at radius 2 is 2.06 bits per heavy atom. The second-order valence-corrected chi connectivity index (χ2v) is 3.82. The minimum Gasteiger partial charge on any atom is -0.330 e. The number of hydrogen-bond acceptors (Lipinski definition) is 2. The molecule has 92 valence electrons. The van der Waals surface area contributed by atoms with Crippen molar-refractivity contribution >= 4 is 10.9 Å². The Kier molecular flexibility index (Phi) is 2.82. The molecule has 2 aromatic rings. The van der Waals surface area contributed by atoms with Gasteiger partial charge in [0, 0.05) is 12.4 Å². The van der Waals surface area contributed by atoms with Crippen molar-refractivity contribution in [1.29, 1.82) is 0 Å². The number of aromatic nitrogens is 2. The second kappa shape index (κ2) is 4.03. The van der Waals surface area contributed by atoms with Gasteiger partial charge in [-0.05, 0) is 18.5 Å². The third kappa shape index (κ3) is 2.00. The van der Waals surface area contributed by atoms with E-state index in [0.717, 1.165) is 10.2 Å². The molecule has 2 N–H and O–H groups in total. The van der Waals surface area contributed by atoms with Gasteiger partial charge in [-0.1, -0.05) is 18.2 Å². The number of nitrogens with two attached hydrogens (primary N) is 1. The predicted octanol–water partition coefficient (Wildman–Crippen LogP) is 2.09. The molecule has 0 amide bonds. The lowest BCUT2D eigenvalue weighted by molar-refractivity contribution is -0.142. The van der Waals surface area contributed by atoms with Crippen molar-refractivity contribution in [2.75, 3.05) is 6.54 Å². The molecule has 0 radical (unpaired) electrons. The van der Waals surface area contributed by atoms with Gasteiger partial charge in [0.1, 0.15) is 5.69 Å². The highest BCUT2D eigenvalue weighted by molar-refractivity contribution is 5.85. The smallest absolute Gasteiger partial charge is 0.330 e. The third-order valence-corrected chi connectivity index (χ3v) is 2.63. The molecule has 6 heteroatoms. The van der Waals surface area contributed by atoms with E-state index in [1.165, 1.54) is 13.1 Å². The van der Waals surface area contributed by atoms with E-state index in [0.29, 0.717) is 18.5 Å². The predicted molar refractivity (Wildman–Crippen MR) is 58.5 cm³/mol. The number of benzene rings is 1. The first-order valence-electron chi connectivity index (χ1n) is 5.17. The van der Waals surface area contributed by atoms with E-state index in [-0.39, 0.29) is 5.39 Å². The molecule has 2 rings (SSSR count). The van der Waals surface area contributed by atoms with E-state index in [1.54, 1.807) is 12.1 Å². The molecule has 1 aromatic carbocycles. The topological polar surface area (TPSA) is 43.8 Å². The molecule has 0 fully saturated rings. The molecule has 3 nitrogen and oxygen atoms in total. The van der Waals surface area contributed by atoms with Crippen molar-refractivity contribution in [1.82, 2.24) is 9.78 Å². The maximum absolute atomic E-state index is 12.8. The molecule has 0 atom stereocenters. The van der Waals surface area contributed by atoms with Gasteiger partial charge in [0.15, 0.2) is 0 Å². The molecule has 0 bridgehead atoms. The molecule has 0 saturated carbocycles. The highest BCUT2D eigenvalue weighted by atomic mass is 19.4. The molecule has 0 saturated heterocycles. The molecule has 0 aliphatic heterocycles. The summed E-state index contributed by atoms with van der Waals surface area (Å²) in [7, 11) is 1.30. The van der Waals surface area contributed by atoms with Crippen LogP contribution < -0.4 is 5.73 Å². The number of hydrogen-bond donors (Lipinski definition) is 1. The Bertz CT molecular complexity index is 543. The van der Waals surface area contributed by atoms with E-state index in [2.05, 4.69) is 5.10 Å². The fourth-order valence-corrected chi connectivity index (χ4v) is 1.97. The van der Waals surface area contributed by atoms with E-state index in [1.807, 2.05) is 0 Å². The quantitative estimate of drug-likeness (QED) is 0.877. The lowest BCUT2D eigenvalue weighted by atomic mass is 10.1. The second-order valence-electron chi connectivity index (χ2n) is 3.82. The van der Waals surface area contributed by atoms with Crippen LogP contribution in [0.5, 0.6) is 0 Å². The van der Waals surface area contributed by atoms with Crippen molar-refractivity contribution < 1.29 is 13.2 Å². The van der Waals surface area contributed by atoms with Gasteiger partial charge in [-0.25, -0.2) is 0 Å². The Labute approximate surface area is 96.0 Å². The van der Waals surface area contributed by atoms with Crippen molar-refractivity contribution in [3.63, 3.8) is 0 Å². The number of aryl methyl sites for hydroxylation is 1. The molecular weight excluding hydrogens is 231 g/mol. The first-order valence-corrected chi connectivity index (χ1v) is 5.17. The average Bonchev–Trinajstić information content (AvgIpc) is 2.55. The average molecular weight is 243 g/mol. The molecular formula is C11H12F3N3. The Balaban J connectivity index is 2.72. The molecule has 1 aromatic heterocycles. The minimum absolute atomic E-state index is 0.131. The zero-order valence-electron chi connectivity index (χ0n) is 9.25. The van der Waals surface area contributed by atoms with E-state index in [4.69, 9.17) is 5.73 Å². The van der Waals surface area contributed by atoms with Crippen LogP contribution in [-0.4, -0.2) is 16.3 Å². The number of rotatable bonds is 2. The van der Waals surface area contributed by atoms with Crippen LogP contribution in [0.4, 0.5) is 13.2 Å². The summed E-state index contributed by atoms with van der Waals surface area (Å²) < 4.78 is 39.4. The van der Waals surface area contributed by atoms with Crippen LogP contribution in [0.3, 0.4) is 0 Å². The van der Waals surface area contributed by atoms with Crippen LogP contribution in [0.2, 0.25) is 0 Å². The highest BCUT2D eigenvalue weighted by Gasteiger charge is 2.37. The standard InChI is InChI=1S/C11H12F3N3/c1-17-10(11(12,13)14)8-4-2-3-7(5-6-15)9(8)16-17/h2-4H,5-6,15H2,1H3. The number of alkyl halides is 3. The molecule has 1 heterocycles. The third-order valence-electron chi connectivity index (χ3n) is 2.63. The largest absolute Gasteiger partial charge is 0.433 e. The van der Waals surface area contributed by atoms with Crippen molar-refractivity contribution in [2.24, 2.45) is 12.8 Å². The summed E-state index contributed by atoms with van der Waals surface area (Å²) in [6.45, 7) is 0.386. The Hall–Kier alpha value is -1.56. The monoisotopic (exact) mass is 243 g/mol. The molecule has 0 aliphatic carbocycles. The molecule has 0 unspecified atom stereocenters.